The van der Waals surface area contributed by atoms with Gasteiger partial charge in [-0.2, -0.15) is 0 Å². The lowest BCUT2D eigenvalue weighted by molar-refractivity contribution is 0.0628. The molecule has 0 aliphatic carbocycles. The van der Waals surface area contributed by atoms with Gasteiger partial charge in [-0.1, -0.05) is 30.3 Å². The molecule has 0 aromatic heterocycles. The molecule has 24 heavy (non-hydrogen) atoms. The van der Waals surface area contributed by atoms with Crippen molar-refractivity contribution < 1.29 is 9.53 Å². The first-order valence-corrected chi connectivity index (χ1v) is 8.61. The van der Waals surface area contributed by atoms with Gasteiger partial charge < -0.3 is 9.64 Å². The molecule has 4 heteroatoms. The summed E-state index contributed by atoms with van der Waals surface area (Å²) in [7, 11) is 0. The standard InChI is InChI=1S/C20H22N2O2/c23-20(17-4-2-1-3-5-17)22-11-9-21(10-12-22)15-16-6-7-19-18(14-16)8-13-24-19/h1-7,14H,8-13,15H2. The fourth-order valence-corrected chi connectivity index (χ4v) is 3.47. The Morgan fingerprint density at radius 1 is 1.00 bits per heavy atom. The first-order valence-electron chi connectivity index (χ1n) is 8.61. The number of carbonyl (C=O) groups is 1. The molecule has 4 nitrogen and oxygen atoms in total. The summed E-state index contributed by atoms with van der Waals surface area (Å²) in [5.74, 6) is 1.18. The topological polar surface area (TPSA) is 32.8 Å². The van der Waals surface area contributed by atoms with Crippen molar-refractivity contribution in [3.8, 4) is 5.75 Å². The van der Waals surface area contributed by atoms with E-state index in [0.29, 0.717) is 0 Å². The number of nitrogens with zero attached hydrogens (tertiary/aromatic N) is 2. The monoisotopic (exact) mass is 322 g/mol. The molecule has 2 aromatic carbocycles. The second-order valence-electron chi connectivity index (χ2n) is 6.47. The molecule has 0 saturated carbocycles. The smallest absolute Gasteiger partial charge is 0.253 e. The van der Waals surface area contributed by atoms with E-state index in [1.165, 1.54) is 11.1 Å². The number of amides is 1. The van der Waals surface area contributed by atoms with Gasteiger partial charge in [0.15, 0.2) is 0 Å². The molecule has 2 aliphatic rings. The van der Waals surface area contributed by atoms with E-state index in [-0.39, 0.29) is 5.91 Å². The zero-order valence-corrected chi connectivity index (χ0v) is 13.8. The predicted octanol–water partition coefficient (Wildman–Crippen LogP) is 2.58. The summed E-state index contributed by atoms with van der Waals surface area (Å²) in [6.07, 6.45) is 1.02. The average molecular weight is 322 g/mol. The number of hydrogen-bond donors (Lipinski definition) is 0. The summed E-state index contributed by atoms with van der Waals surface area (Å²) in [5.41, 5.74) is 3.44. The Morgan fingerprint density at radius 3 is 2.58 bits per heavy atom. The predicted molar refractivity (Wildman–Crippen MR) is 93.3 cm³/mol. The third-order valence-corrected chi connectivity index (χ3v) is 4.84. The van der Waals surface area contributed by atoms with E-state index in [1.54, 1.807) is 0 Å². The van der Waals surface area contributed by atoms with Crippen LogP contribution in [0.2, 0.25) is 0 Å². The lowest BCUT2D eigenvalue weighted by Crippen LogP contribution is -2.48. The van der Waals surface area contributed by atoms with Gasteiger partial charge in [-0.3, -0.25) is 9.69 Å². The van der Waals surface area contributed by atoms with Crippen molar-refractivity contribution in [2.45, 2.75) is 13.0 Å². The van der Waals surface area contributed by atoms with E-state index in [0.717, 1.165) is 57.1 Å². The highest BCUT2D eigenvalue weighted by molar-refractivity contribution is 5.94. The Morgan fingerprint density at radius 2 is 1.79 bits per heavy atom. The third kappa shape index (κ3) is 3.15. The van der Waals surface area contributed by atoms with Crippen LogP contribution in [-0.2, 0) is 13.0 Å². The lowest BCUT2D eigenvalue weighted by Gasteiger charge is -2.34. The molecule has 2 heterocycles. The molecular formula is C20H22N2O2. The molecule has 0 bridgehead atoms. The van der Waals surface area contributed by atoms with Gasteiger partial charge in [-0.25, -0.2) is 0 Å². The van der Waals surface area contributed by atoms with Crippen LogP contribution >= 0.6 is 0 Å². The minimum Gasteiger partial charge on any atom is -0.493 e. The van der Waals surface area contributed by atoms with E-state index in [1.807, 2.05) is 35.2 Å². The molecule has 1 saturated heterocycles. The minimum absolute atomic E-state index is 0.143. The summed E-state index contributed by atoms with van der Waals surface area (Å²) in [6.45, 7) is 5.18. The first-order chi connectivity index (χ1) is 11.8. The highest BCUT2D eigenvalue weighted by Gasteiger charge is 2.22. The summed E-state index contributed by atoms with van der Waals surface area (Å²) < 4.78 is 5.57. The van der Waals surface area contributed by atoms with Crippen molar-refractivity contribution in [2.24, 2.45) is 0 Å². The number of fused-ring (bicyclic) bond motifs is 1. The van der Waals surface area contributed by atoms with Crippen molar-refractivity contribution in [1.82, 2.24) is 9.80 Å². The molecule has 4 rings (SSSR count). The van der Waals surface area contributed by atoms with Crippen LogP contribution < -0.4 is 4.74 Å². The van der Waals surface area contributed by atoms with Gasteiger partial charge in [0, 0.05) is 44.7 Å². The van der Waals surface area contributed by atoms with E-state index in [2.05, 4.69) is 23.1 Å². The van der Waals surface area contributed by atoms with Crippen molar-refractivity contribution >= 4 is 5.91 Å². The largest absolute Gasteiger partial charge is 0.493 e. The lowest BCUT2D eigenvalue weighted by atomic mass is 10.1. The molecule has 2 aliphatic heterocycles. The molecular weight excluding hydrogens is 300 g/mol. The van der Waals surface area contributed by atoms with Crippen molar-refractivity contribution in [3.05, 3.63) is 65.2 Å². The van der Waals surface area contributed by atoms with Crippen molar-refractivity contribution in [3.63, 3.8) is 0 Å². The number of piperazine rings is 1. The van der Waals surface area contributed by atoms with Crippen molar-refractivity contribution in [2.75, 3.05) is 32.8 Å². The quantitative estimate of drug-likeness (QED) is 0.871. The number of ether oxygens (including phenoxy) is 1. The maximum absolute atomic E-state index is 12.5. The average Bonchev–Trinajstić information content (AvgIpc) is 3.10. The maximum atomic E-state index is 12.5. The second kappa shape index (κ2) is 6.65. The summed E-state index contributed by atoms with van der Waals surface area (Å²) in [5, 5.41) is 0. The van der Waals surface area contributed by atoms with E-state index >= 15 is 0 Å². The zero-order valence-electron chi connectivity index (χ0n) is 13.8. The molecule has 124 valence electrons. The summed E-state index contributed by atoms with van der Waals surface area (Å²) >= 11 is 0. The van der Waals surface area contributed by atoms with Gasteiger partial charge in [0.1, 0.15) is 5.75 Å². The Labute approximate surface area is 142 Å². The second-order valence-corrected chi connectivity index (χ2v) is 6.47. The van der Waals surface area contributed by atoms with E-state index in [4.69, 9.17) is 4.74 Å². The Kier molecular flexibility index (Phi) is 4.22. The van der Waals surface area contributed by atoms with Gasteiger partial charge in [-0.05, 0) is 29.3 Å². The SMILES string of the molecule is O=C(c1ccccc1)N1CCN(Cc2ccc3c(c2)CCO3)CC1. The van der Waals surface area contributed by atoms with Gasteiger partial charge in [0.05, 0.1) is 6.61 Å². The van der Waals surface area contributed by atoms with Gasteiger partial charge in [0.25, 0.3) is 5.91 Å². The Balaban J connectivity index is 1.34. The number of hydrogen-bond acceptors (Lipinski definition) is 3. The fourth-order valence-electron chi connectivity index (χ4n) is 3.47. The normalized spacial score (nSPS) is 17.4. The highest BCUT2D eigenvalue weighted by Crippen LogP contribution is 2.26. The van der Waals surface area contributed by atoms with Crippen LogP contribution in [0.1, 0.15) is 21.5 Å². The highest BCUT2D eigenvalue weighted by atomic mass is 16.5. The van der Waals surface area contributed by atoms with Crippen LogP contribution in [0.4, 0.5) is 0 Å². The maximum Gasteiger partial charge on any atom is 0.253 e. The van der Waals surface area contributed by atoms with Crippen LogP contribution in [0.15, 0.2) is 48.5 Å². The fraction of sp³-hybridized carbons (Fsp3) is 0.350. The molecule has 0 atom stereocenters. The van der Waals surface area contributed by atoms with Gasteiger partial charge in [0.2, 0.25) is 0 Å². The van der Waals surface area contributed by atoms with Crippen LogP contribution in [0.5, 0.6) is 5.75 Å². The Bertz CT molecular complexity index is 722. The van der Waals surface area contributed by atoms with Gasteiger partial charge in [-0.15, -0.1) is 0 Å². The van der Waals surface area contributed by atoms with Crippen LogP contribution in [0.25, 0.3) is 0 Å². The molecule has 0 radical (unpaired) electrons. The van der Waals surface area contributed by atoms with Gasteiger partial charge >= 0.3 is 0 Å². The van der Waals surface area contributed by atoms with Crippen molar-refractivity contribution in [1.29, 1.82) is 0 Å². The number of benzene rings is 2. The minimum atomic E-state index is 0.143. The first kappa shape index (κ1) is 15.2. The van der Waals surface area contributed by atoms with Crippen LogP contribution in [0, 0.1) is 0 Å². The van der Waals surface area contributed by atoms with E-state index < -0.39 is 0 Å². The number of carbonyl (C=O) groups excluding carboxylic acids is 1. The molecule has 0 spiro atoms. The Hall–Kier alpha value is -2.33. The third-order valence-electron chi connectivity index (χ3n) is 4.84. The summed E-state index contributed by atoms with van der Waals surface area (Å²) in [6, 6.07) is 16.1. The molecule has 2 aromatic rings. The molecule has 0 N–H and O–H groups in total. The zero-order chi connectivity index (χ0) is 16.4. The number of rotatable bonds is 3. The van der Waals surface area contributed by atoms with E-state index in [9.17, 15) is 4.79 Å². The molecule has 0 unspecified atom stereocenters. The van der Waals surface area contributed by atoms with Crippen LogP contribution in [-0.4, -0.2) is 48.5 Å². The molecule has 1 amide bonds. The summed E-state index contributed by atoms with van der Waals surface area (Å²) in [4.78, 5) is 16.9. The van der Waals surface area contributed by atoms with Crippen LogP contribution in [0.3, 0.4) is 0 Å². The molecule has 1 fully saturated rings.